The molecule has 3 rings (SSSR count). The lowest BCUT2D eigenvalue weighted by molar-refractivity contribution is -0.137. The molecule has 0 saturated carbocycles. The van der Waals surface area contributed by atoms with Crippen molar-refractivity contribution in [3.63, 3.8) is 0 Å². The molecule has 0 fully saturated rings. The molecule has 2 heterocycles. The van der Waals surface area contributed by atoms with E-state index >= 15 is 0 Å². The lowest BCUT2D eigenvalue weighted by Gasteiger charge is -2.11. The lowest BCUT2D eigenvalue weighted by atomic mass is 10.1. The maximum absolute atomic E-state index is 12.6. The zero-order valence-corrected chi connectivity index (χ0v) is 15.4. The number of hydrogen-bond donors (Lipinski definition) is 2. The second-order valence-electron chi connectivity index (χ2n) is 6.11. The summed E-state index contributed by atoms with van der Waals surface area (Å²) in [6.45, 7) is 3.49. The highest BCUT2D eigenvalue weighted by atomic mass is 19.4. The van der Waals surface area contributed by atoms with E-state index in [0.29, 0.717) is 31.0 Å². The molecular formula is C19H21F3N6. The smallest absolute Gasteiger partial charge is 0.357 e. The molecule has 6 nitrogen and oxygen atoms in total. The van der Waals surface area contributed by atoms with Crippen LogP contribution in [0.2, 0.25) is 0 Å². The largest absolute Gasteiger partial charge is 0.416 e. The van der Waals surface area contributed by atoms with E-state index in [4.69, 9.17) is 0 Å². The van der Waals surface area contributed by atoms with Crippen LogP contribution in [0.5, 0.6) is 0 Å². The van der Waals surface area contributed by atoms with Gasteiger partial charge in [-0.2, -0.15) is 13.2 Å². The van der Waals surface area contributed by atoms with E-state index in [0.717, 1.165) is 23.6 Å². The van der Waals surface area contributed by atoms with Crippen molar-refractivity contribution in [3.05, 3.63) is 65.6 Å². The summed E-state index contributed by atoms with van der Waals surface area (Å²) in [4.78, 5) is 4.43. The summed E-state index contributed by atoms with van der Waals surface area (Å²) in [5.74, 6) is 1.43. The van der Waals surface area contributed by atoms with Gasteiger partial charge in [0, 0.05) is 25.7 Å². The molecule has 0 amide bonds. The van der Waals surface area contributed by atoms with Gasteiger partial charge < -0.3 is 10.6 Å². The minimum absolute atomic E-state index is 0.279. The Hall–Kier alpha value is -3.10. The Bertz CT molecular complexity index is 931. The maximum atomic E-state index is 12.6. The molecule has 0 aliphatic heterocycles. The Labute approximate surface area is 160 Å². The number of halogens is 3. The number of guanidine groups is 1. The van der Waals surface area contributed by atoms with Crippen molar-refractivity contribution >= 4 is 11.6 Å². The second-order valence-corrected chi connectivity index (χ2v) is 6.11. The molecule has 3 aromatic rings. The fraction of sp³-hybridized carbons (Fsp3) is 0.316. The Morgan fingerprint density at radius 1 is 1.07 bits per heavy atom. The molecule has 28 heavy (non-hydrogen) atoms. The quantitative estimate of drug-likeness (QED) is 0.502. The van der Waals surface area contributed by atoms with Crippen molar-refractivity contribution in [3.8, 4) is 0 Å². The van der Waals surface area contributed by atoms with Crippen molar-refractivity contribution in [2.45, 2.75) is 26.1 Å². The van der Waals surface area contributed by atoms with E-state index in [2.05, 4.69) is 25.8 Å². The van der Waals surface area contributed by atoms with Gasteiger partial charge in [0.15, 0.2) is 11.6 Å². The molecule has 0 unspecified atom stereocenters. The SMILES string of the molecule is CCNC(=NCc1ccc(C(F)(F)F)cc1)NCCc1nnc2ccccn12. The van der Waals surface area contributed by atoms with Gasteiger partial charge in [0.2, 0.25) is 0 Å². The average molecular weight is 390 g/mol. The first-order chi connectivity index (χ1) is 13.5. The molecule has 0 atom stereocenters. The molecule has 0 aliphatic rings. The van der Waals surface area contributed by atoms with Crippen LogP contribution in [0.15, 0.2) is 53.7 Å². The van der Waals surface area contributed by atoms with Gasteiger partial charge in [-0.3, -0.25) is 4.40 Å². The summed E-state index contributed by atoms with van der Waals surface area (Å²) in [6, 6.07) is 10.7. The first kappa shape index (κ1) is 19.7. The van der Waals surface area contributed by atoms with Crippen molar-refractivity contribution in [1.82, 2.24) is 25.2 Å². The highest BCUT2D eigenvalue weighted by Crippen LogP contribution is 2.29. The van der Waals surface area contributed by atoms with Gasteiger partial charge in [0.05, 0.1) is 12.1 Å². The number of benzene rings is 1. The van der Waals surface area contributed by atoms with E-state index in [9.17, 15) is 13.2 Å². The fourth-order valence-corrected chi connectivity index (χ4v) is 2.67. The monoisotopic (exact) mass is 390 g/mol. The molecule has 2 N–H and O–H groups in total. The van der Waals surface area contributed by atoms with Crippen LogP contribution < -0.4 is 10.6 Å². The molecule has 0 spiro atoms. The minimum Gasteiger partial charge on any atom is -0.357 e. The van der Waals surface area contributed by atoms with Crippen molar-refractivity contribution in [2.75, 3.05) is 13.1 Å². The molecule has 9 heteroatoms. The van der Waals surface area contributed by atoms with Gasteiger partial charge in [-0.25, -0.2) is 4.99 Å². The van der Waals surface area contributed by atoms with Crippen molar-refractivity contribution in [1.29, 1.82) is 0 Å². The van der Waals surface area contributed by atoms with Gasteiger partial charge in [0.1, 0.15) is 5.82 Å². The summed E-state index contributed by atoms with van der Waals surface area (Å²) in [5.41, 5.74) is 0.833. The van der Waals surface area contributed by atoms with E-state index in [1.807, 2.05) is 35.7 Å². The van der Waals surface area contributed by atoms with Gasteiger partial charge in [-0.1, -0.05) is 18.2 Å². The molecule has 148 valence electrons. The van der Waals surface area contributed by atoms with Crippen LogP contribution in [0, 0.1) is 0 Å². The third kappa shape index (κ3) is 4.99. The highest BCUT2D eigenvalue weighted by Gasteiger charge is 2.29. The molecule has 0 saturated heterocycles. The van der Waals surface area contributed by atoms with Crippen LogP contribution in [-0.2, 0) is 19.1 Å². The zero-order valence-electron chi connectivity index (χ0n) is 15.4. The molecular weight excluding hydrogens is 369 g/mol. The second kappa shape index (κ2) is 8.73. The van der Waals surface area contributed by atoms with Crippen LogP contribution in [0.3, 0.4) is 0 Å². The van der Waals surface area contributed by atoms with Crippen LogP contribution in [0.1, 0.15) is 23.9 Å². The van der Waals surface area contributed by atoms with Crippen LogP contribution >= 0.6 is 0 Å². The van der Waals surface area contributed by atoms with Gasteiger partial charge >= 0.3 is 6.18 Å². The Morgan fingerprint density at radius 2 is 1.86 bits per heavy atom. The summed E-state index contributed by atoms with van der Waals surface area (Å²) in [7, 11) is 0. The molecule has 2 aromatic heterocycles. The Morgan fingerprint density at radius 3 is 2.57 bits per heavy atom. The summed E-state index contributed by atoms with van der Waals surface area (Å²) in [6.07, 6.45) is -1.77. The maximum Gasteiger partial charge on any atom is 0.416 e. The number of fused-ring (bicyclic) bond motifs is 1. The molecule has 0 bridgehead atoms. The number of aromatic nitrogens is 3. The van der Waals surface area contributed by atoms with Crippen LogP contribution in [0.4, 0.5) is 13.2 Å². The first-order valence-corrected chi connectivity index (χ1v) is 8.94. The van der Waals surface area contributed by atoms with E-state index in [-0.39, 0.29) is 6.54 Å². The van der Waals surface area contributed by atoms with E-state index in [1.54, 1.807) is 0 Å². The summed E-state index contributed by atoms with van der Waals surface area (Å²) in [5, 5.41) is 14.6. The lowest BCUT2D eigenvalue weighted by Crippen LogP contribution is -2.38. The van der Waals surface area contributed by atoms with Crippen molar-refractivity contribution in [2.24, 2.45) is 4.99 Å². The first-order valence-electron chi connectivity index (χ1n) is 8.94. The summed E-state index contributed by atoms with van der Waals surface area (Å²) >= 11 is 0. The number of pyridine rings is 1. The van der Waals surface area contributed by atoms with E-state index in [1.165, 1.54) is 12.1 Å². The third-order valence-electron chi connectivity index (χ3n) is 4.07. The highest BCUT2D eigenvalue weighted by molar-refractivity contribution is 5.79. The predicted octanol–water partition coefficient (Wildman–Crippen LogP) is 3.05. The number of nitrogens with zero attached hydrogens (tertiary/aromatic N) is 4. The number of alkyl halides is 3. The minimum atomic E-state index is -4.33. The van der Waals surface area contributed by atoms with Crippen LogP contribution in [-0.4, -0.2) is 33.6 Å². The standard InChI is InChI=1S/C19H21F3N6/c1-2-23-18(25-13-14-6-8-15(9-7-14)19(20,21)22)24-11-10-17-27-26-16-5-3-4-12-28(16)17/h3-9,12H,2,10-11,13H2,1H3,(H2,23,24,25). The normalized spacial score (nSPS) is 12.4. The number of hydrogen-bond acceptors (Lipinski definition) is 3. The van der Waals surface area contributed by atoms with Gasteiger partial charge in [0.25, 0.3) is 0 Å². The zero-order chi connectivity index (χ0) is 20.0. The van der Waals surface area contributed by atoms with E-state index < -0.39 is 11.7 Å². The summed E-state index contributed by atoms with van der Waals surface area (Å²) < 4.78 is 39.8. The fourth-order valence-electron chi connectivity index (χ4n) is 2.67. The molecule has 1 aromatic carbocycles. The Kier molecular flexibility index (Phi) is 6.13. The van der Waals surface area contributed by atoms with Gasteiger partial charge in [-0.15, -0.1) is 10.2 Å². The van der Waals surface area contributed by atoms with Crippen molar-refractivity contribution < 1.29 is 13.2 Å². The molecule has 0 radical (unpaired) electrons. The Balaban J connectivity index is 1.58. The number of nitrogens with one attached hydrogen (secondary N) is 2. The third-order valence-corrected chi connectivity index (χ3v) is 4.07. The molecule has 0 aliphatic carbocycles. The number of rotatable bonds is 6. The van der Waals surface area contributed by atoms with Crippen LogP contribution in [0.25, 0.3) is 5.65 Å². The average Bonchev–Trinajstić information content (AvgIpc) is 3.09. The van der Waals surface area contributed by atoms with Gasteiger partial charge in [-0.05, 0) is 36.8 Å². The predicted molar refractivity (Wildman–Crippen MR) is 101 cm³/mol. The topological polar surface area (TPSA) is 66.6 Å². The number of aliphatic imine (C=N–C) groups is 1.